The number of nitrogens with one attached hydrogen (secondary N) is 1. The molecule has 0 saturated carbocycles. The fourth-order valence-electron chi connectivity index (χ4n) is 4.83. The Kier molecular flexibility index (Phi) is 5.68. The van der Waals surface area contributed by atoms with Crippen LogP contribution in [0.15, 0.2) is 24.3 Å². The second-order valence-corrected chi connectivity index (χ2v) is 8.48. The minimum absolute atomic E-state index is 0.0438. The molecule has 5 amide bonds. The highest BCUT2D eigenvalue weighted by atomic mass is 19.1. The Labute approximate surface area is 180 Å². The Bertz CT molecular complexity index is 913. The zero-order chi connectivity index (χ0) is 22.2. The second-order valence-electron chi connectivity index (χ2n) is 8.48. The summed E-state index contributed by atoms with van der Waals surface area (Å²) in [6.07, 6.45) is 2.45. The lowest BCUT2D eigenvalue weighted by molar-refractivity contribution is -0.139. The molecule has 1 unspecified atom stereocenters. The summed E-state index contributed by atoms with van der Waals surface area (Å²) in [7, 11) is 0. The van der Waals surface area contributed by atoms with E-state index in [1.54, 1.807) is 22.8 Å². The molecule has 3 saturated heterocycles. The van der Waals surface area contributed by atoms with Crippen LogP contribution < -0.4 is 5.32 Å². The minimum Gasteiger partial charge on any atom is -0.343 e. The smallest absolute Gasteiger partial charge is 0.325 e. The van der Waals surface area contributed by atoms with Crippen molar-refractivity contribution in [3.05, 3.63) is 35.6 Å². The number of halogens is 1. The van der Waals surface area contributed by atoms with Crippen LogP contribution in [0.3, 0.4) is 0 Å². The van der Waals surface area contributed by atoms with E-state index < -0.39 is 23.4 Å². The van der Waals surface area contributed by atoms with Gasteiger partial charge in [0.05, 0.1) is 6.04 Å². The number of urea groups is 1. The number of rotatable bonds is 3. The predicted octanol–water partition coefficient (Wildman–Crippen LogP) is 1.75. The molecule has 3 aliphatic heterocycles. The fraction of sp³-hybridized carbons (Fsp3) is 0.545. The van der Waals surface area contributed by atoms with Crippen LogP contribution in [0.5, 0.6) is 0 Å². The van der Waals surface area contributed by atoms with Gasteiger partial charge in [-0.2, -0.15) is 0 Å². The van der Waals surface area contributed by atoms with Gasteiger partial charge in [0.25, 0.3) is 11.8 Å². The zero-order valence-electron chi connectivity index (χ0n) is 17.6. The first-order valence-corrected chi connectivity index (χ1v) is 10.8. The number of amides is 5. The van der Waals surface area contributed by atoms with Gasteiger partial charge < -0.3 is 15.1 Å². The zero-order valence-corrected chi connectivity index (χ0v) is 17.6. The summed E-state index contributed by atoms with van der Waals surface area (Å²) in [6, 6.07) is 4.66. The Hall–Kier alpha value is -2.97. The molecule has 8 nitrogen and oxygen atoms in total. The molecule has 0 aromatic heterocycles. The molecule has 1 spiro atoms. The molecular weight excluding hydrogens is 403 g/mol. The van der Waals surface area contributed by atoms with Crippen LogP contribution in [0.1, 0.15) is 49.4 Å². The highest BCUT2D eigenvalue weighted by Gasteiger charge is 2.54. The predicted molar refractivity (Wildman–Crippen MR) is 110 cm³/mol. The molecule has 31 heavy (non-hydrogen) atoms. The highest BCUT2D eigenvalue weighted by Crippen LogP contribution is 2.32. The van der Waals surface area contributed by atoms with Crippen molar-refractivity contribution in [1.29, 1.82) is 0 Å². The van der Waals surface area contributed by atoms with Gasteiger partial charge in [-0.3, -0.25) is 19.3 Å². The van der Waals surface area contributed by atoms with Gasteiger partial charge in [0.1, 0.15) is 11.4 Å². The van der Waals surface area contributed by atoms with E-state index in [0.29, 0.717) is 51.7 Å². The van der Waals surface area contributed by atoms with Gasteiger partial charge in [-0.1, -0.05) is 13.0 Å². The SMILES string of the molecule is CCC(=O)N1CCC2(CC1)NC(=O)N(C1CCCN(C(=O)c3cccc(F)c3)C1)C2=O. The largest absolute Gasteiger partial charge is 0.343 e. The Balaban J connectivity index is 1.46. The van der Waals surface area contributed by atoms with Gasteiger partial charge in [-0.05, 0) is 43.9 Å². The van der Waals surface area contributed by atoms with Crippen molar-refractivity contribution in [1.82, 2.24) is 20.0 Å². The summed E-state index contributed by atoms with van der Waals surface area (Å²) in [5.41, 5.74) is -0.724. The lowest BCUT2D eigenvalue weighted by Crippen LogP contribution is -2.57. The number of nitrogens with zero attached hydrogens (tertiary/aromatic N) is 3. The van der Waals surface area contributed by atoms with Crippen LogP contribution in [0, 0.1) is 5.82 Å². The van der Waals surface area contributed by atoms with E-state index in [9.17, 15) is 23.6 Å². The monoisotopic (exact) mass is 430 g/mol. The van der Waals surface area contributed by atoms with E-state index in [4.69, 9.17) is 0 Å². The molecule has 166 valence electrons. The molecule has 1 N–H and O–H groups in total. The number of likely N-dealkylation sites (tertiary alicyclic amines) is 2. The molecule has 0 radical (unpaired) electrons. The van der Waals surface area contributed by atoms with E-state index in [1.165, 1.54) is 23.1 Å². The third kappa shape index (κ3) is 3.88. The number of piperidine rings is 2. The summed E-state index contributed by atoms with van der Waals surface area (Å²) in [5.74, 6) is -1.02. The first kappa shape index (κ1) is 21.3. The maximum absolute atomic E-state index is 13.5. The summed E-state index contributed by atoms with van der Waals surface area (Å²) >= 11 is 0. The number of benzene rings is 1. The molecule has 0 aliphatic carbocycles. The summed E-state index contributed by atoms with van der Waals surface area (Å²) in [4.78, 5) is 55.4. The summed E-state index contributed by atoms with van der Waals surface area (Å²) in [5, 5.41) is 2.87. The van der Waals surface area contributed by atoms with Crippen molar-refractivity contribution in [3.63, 3.8) is 0 Å². The molecule has 3 aliphatic rings. The standard InChI is InChI=1S/C22H27FN4O4/c1-2-18(28)25-11-8-22(9-12-25)20(30)27(21(31)24-22)17-7-4-10-26(14-17)19(29)15-5-3-6-16(23)13-15/h3,5-6,13,17H,2,4,7-12,14H2,1H3,(H,24,31). The molecule has 1 aromatic rings. The van der Waals surface area contributed by atoms with Crippen molar-refractivity contribution in [2.75, 3.05) is 26.2 Å². The van der Waals surface area contributed by atoms with Crippen molar-refractivity contribution in [2.45, 2.75) is 50.6 Å². The number of carbonyl (C=O) groups is 4. The van der Waals surface area contributed by atoms with Gasteiger partial charge in [-0.15, -0.1) is 0 Å². The molecule has 3 fully saturated rings. The van der Waals surface area contributed by atoms with Gasteiger partial charge in [0.15, 0.2) is 0 Å². The lowest BCUT2D eigenvalue weighted by atomic mass is 9.87. The average Bonchev–Trinajstić information content (AvgIpc) is 3.02. The van der Waals surface area contributed by atoms with E-state index >= 15 is 0 Å². The van der Waals surface area contributed by atoms with Crippen LogP contribution in [-0.4, -0.2) is 76.2 Å². The van der Waals surface area contributed by atoms with Gasteiger partial charge in [-0.25, -0.2) is 9.18 Å². The average molecular weight is 430 g/mol. The van der Waals surface area contributed by atoms with Crippen LogP contribution >= 0.6 is 0 Å². The molecule has 9 heteroatoms. The first-order chi connectivity index (χ1) is 14.8. The molecule has 0 bridgehead atoms. The van der Waals surface area contributed by atoms with Gasteiger partial charge in [0, 0.05) is 38.2 Å². The molecule has 1 atom stereocenters. The topological polar surface area (TPSA) is 90.0 Å². The van der Waals surface area contributed by atoms with Crippen molar-refractivity contribution in [3.8, 4) is 0 Å². The van der Waals surface area contributed by atoms with Crippen LogP contribution in [0.25, 0.3) is 0 Å². The van der Waals surface area contributed by atoms with Gasteiger partial charge >= 0.3 is 6.03 Å². The summed E-state index contributed by atoms with van der Waals surface area (Å²) < 4.78 is 13.5. The third-order valence-electron chi connectivity index (χ3n) is 6.59. The normalized spacial score (nSPS) is 23.3. The molecule has 3 heterocycles. The van der Waals surface area contributed by atoms with E-state index in [-0.39, 0.29) is 29.8 Å². The van der Waals surface area contributed by atoms with Crippen molar-refractivity contribution in [2.24, 2.45) is 0 Å². The number of hydrogen-bond donors (Lipinski definition) is 1. The highest BCUT2D eigenvalue weighted by molar-refractivity contribution is 6.07. The van der Waals surface area contributed by atoms with Gasteiger partial charge in [0.2, 0.25) is 5.91 Å². The maximum Gasteiger partial charge on any atom is 0.325 e. The molecule has 1 aromatic carbocycles. The van der Waals surface area contributed by atoms with E-state index in [1.807, 2.05) is 0 Å². The molecule has 4 rings (SSSR count). The fourth-order valence-corrected chi connectivity index (χ4v) is 4.83. The Morgan fingerprint density at radius 3 is 2.58 bits per heavy atom. The number of carbonyl (C=O) groups excluding carboxylic acids is 4. The third-order valence-corrected chi connectivity index (χ3v) is 6.59. The van der Waals surface area contributed by atoms with Crippen LogP contribution in [0.4, 0.5) is 9.18 Å². The van der Waals surface area contributed by atoms with Crippen molar-refractivity contribution >= 4 is 23.8 Å². The number of hydrogen-bond acceptors (Lipinski definition) is 4. The van der Waals surface area contributed by atoms with Crippen LogP contribution in [-0.2, 0) is 9.59 Å². The van der Waals surface area contributed by atoms with Crippen molar-refractivity contribution < 1.29 is 23.6 Å². The van der Waals surface area contributed by atoms with Crippen LogP contribution in [0.2, 0.25) is 0 Å². The summed E-state index contributed by atoms with van der Waals surface area (Å²) in [6.45, 7) is 3.39. The maximum atomic E-state index is 13.5. The minimum atomic E-state index is -0.976. The quantitative estimate of drug-likeness (QED) is 0.740. The van der Waals surface area contributed by atoms with E-state index in [0.717, 1.165) is 0 Å². The van der Waals surface area contributed by atoms with E-state index in [2.05, 4.69) is 5.32 Å². The number of imide groups is 1. The first-order valence-electron chi connectivity index (χ1n) is 10.8. The lowest BCUT2D eigenvalue weighted by Gasteiger charge is -2.39. The Morgan fingerprint density at radius 2 is 1.90 bits per heavy atom. The Morgan fingerprint density at radius 1 is 1.16 bits per heavy atom. The second kappa shape index (κ2) is 8.28. The molecular formula is C22H27FN4O4.